The van der Waals surface area contributed by atoms with Crippen LogP contribution in [-0.4, -0.2) is 58.5 Å². The van der Waals surface area contributed by atoms with E-state index in [2.05, 4.69) is 28.3 Å². The van der Waals surface area contributed by atoms with Crippen LogP contribution in [0.15, 0.2) is 6.20 Å². The highest BCUT2D eigenvalue weighted by Crippen LogP contribution is 2.36. The maximum atomic E-state index is 12.7. The van der Waals surface area contributed by atoms with Crippen LogP contribution in [0, 0.1) is 18.8 Å². The monoisotopic (exact) mass is 358 g/mol. The molecule has 2 saturated heterocycles. The van der Waals surface area contributed by atoms with Gasteiger partial charge < -0.3 is 14.4 Å². The molecule has 0 N–H and O–H groups in total. The molecule has 0 aromatic carbocycles. The third kappa shape index (κ3) is 3.83. The standard InChI is InChI=1S/C21H34N4O/c1-16-13-22-21(19-4-3-5-19)25(16)15-18-8-11-24(14-18)20(26)12-17-6-9-23(2)10-7-17/h13,17-19H,3-12,14-15H2,1-2H3. The highest BCUT2D eigenvalue weighted by Gasteiger charge is 2.31. The summed E-state index contributed by atoms with van der Waals surface area (Å²) < 4.78 is 2.44. The second kappa shape index (κ2) is 7.71. The van der Waals surface area contributed by atoms with Gasteiger partial charge >= 0.3 is 0 Å². The minimum absolute atomic E-state index is 0.392. The first-order valence-electron chi connectivity index (χ1n) is 10.6. The van der Waals surface area contributed by atoms with Gasteiger partial charge in [0.15, 0.2) is 0 Å². The number of imidazole rings is 1. The number of amides is 1. The maximum absolute atomic E-state index is 12.7. The second-order valence-corrected chi connectivity index (χ2v) is 8.94. The van der Waals surface area contributed by atoms with Crippen LogP contribution >= 0.6 is 0 Å². The number of rotatable bonds is 5. The van der Waals surface area contributed by atoms with Crippen LogP contribution in [0.3, 0.4) is 0 Å². The molecule has 1 unspecified atom stereocenters. The Morgan fingerprint density at radius 1 is 1.12 bits per heavy atom. The molecule has 1 amide bonds. The number of nitrogens with zero attached hydrogens (tertiary/aromatic N) is 4. The van der Waals surface area contributed by atoms with Crippen LogP contribution < -0.4 is 0 Å². The zero-order chi connectivity index (χ0) is 18.1. The molecule has 1 aromatic rings. The molecule has 3 heterocycles. The highest BCUT2D eigenvalue weighted by atomic mass is 16.2. The summed E-state index contributed by atoms with van der Waals surface area (Å²) in [5, 5.41) is 0. The number of piperidine rings is 1. The largest absolute Gasteiger partial charge is 0.342 e. The number of likely N-dealkylation sites (tertiary alicyclic amines) is 2. The Kier molecular flexibility index (Phi) is 5.35. The molecule has 144 valence electrons. The van der Waals surface area contributed by atoms with Crippen molar-refractivity contribution in [2.24, 2.45) is 11.8 Å². The van der Waals surface area contributed by atoms with E-state index in [1.54, 1.807) is 0 Å². The molecule has 26 heavy (non-hydrogen) atoms. The van der Waals surface area contributed by atoms with Gasteiger partial charge in [0.2, 0.25) is 5.91 Å². The number of carbonyl (C=O) groups is 1. The first kappa shape index (κ1) is 18.0. The van der Waals surface area contributed by atoms with E-state index in [-0.39, 0.29) is 0 Å². The summed E-state index contributed by atoms with van der Waals surface area (Å²) in [6.45, 7) is 7.38. The van der Waals surface area contributed by atoms with Crippen LogP contribution in [0.2, 0.25) is 0 Å². The fraction of sp³-hybridized carbons (Fsp3) is 0.810. The number of aryl methyl sites for hydroxylation is 1. The molecule has 0 radical (unpaired) electrons. The van der Waals surface area contributed by atoms with E-state index in [1.165, 1.54) is 43.6 Å². The lowest BCUT2D eigenvalue weighted by atomic mass is 9.84. The minimum atomic E-state index is 0.392. The molecule has 1 saturated carbocycles. The summed E-state index contributed by atoms with van der Waals surface area (Å²) in [4.78, 5) is 21.9. The third-order valence-electron chi connectivity index (χ3n) is 6.94. The fourth-order valence-electron chi connectivity index (χ4n) is 4.82. The molecule has 0 bridgehead atoms. The van der Waals surface area contributed by atoms with Crippen molar-refractivity contribution in [3.05, 3.63) is 17.7 Å². The van der Waals surface area contributed by atoms with Gasteiger partial charge in [-0.3, -0.25) is 4.79 Å². The smallest absolute Gasteiger partial charge is 0.222 e. The molecular formula is C21H34N4O. The molecule has 3 aliphatic rings. The van der Waals surface area contributed by atoms with Crippen molar-refractivity contribution in [3.63, 3.8) is 0 Å². The van der Waals surface area contributed by atoms with Crippen molar-refractivity contribution in [2.45, 2.75) is 64.3 Å². The summed E-state index contributed by atoms with van der Waals surface area (Å²) in [7, 11) is 2.18. The summed E-state index contributed by atoms with van der Waals surface area (Å²) in [6.07, 6.45) is 10.2. The van der Waals surface area contributed by atoms with Crippen molar-refractivity contribution in [2.75, 3.05) is 33.2 Å². The SMILES string of the molecule is Cc1cnc(C2CCC2)n1CC1CCN(C(=O)CC2CCN(C)CC2)C1. The lowest BCUT2D eigenvalue weighted by molar-refractivity contribution is -0.131. The summed E-state index contributed by atoms with van der Waals surface area (Å²) >= 11 is 0. The number of hydrogen-bond acceptors (Lipinski definition) is 3. The normalized spacial score (nSPS) is 25.6. The predicted molar refractivity (Wildman–Crippen MR) is 103 cm³/mol. The van der Waals surface area contributed by atoms with Crippen molar-refractivity contribution < 1.29 is 4.79 Å². The van der Waals surface area contributed by atoms with E-state index in [1.807, 2.05) is 6.20 Å². The summed E-state index contributed by atoms with van der Waals surface area (Å²) in [5.41, 5.74) is 1.28. The third-order valence-corrected chi connectivity index (χ3v) is 6.94. The Morgan fingerprint density at radius 3 is 2.54 bits per heavy atom. The van der Waals surface area contributed by atoms with Crippen LogP contribution in [-0.2, 0) is 11.3 Å². The van der Waals surface area contributed by atoms with Gasteiger partial charge in [0.1, 0.15) is 5.82 Å². The lowest BCUT2D eigenvalue weighted by Gasteiger charge is -2.29. The molecule has 4 rings (SSSR count). The van der Waals surface area contributed by atoms with E-state index in [9.17, 15) is 4.79 Å². The molecule has 3 fully saturated rings. The maximum Gasteiger partial charge on any atom is 0.222 e. The van der Waals surface area contributed by atoms with Crippen molar-refractivity contribution >= 4 is 5.91 Å². The average Bonchev–Trinajstić information content (AvgIpc) is 3.18. The molecular weight excluding hydrogens is 324 g/mol. The van der Waals surface area contributed by atoms with Gasteiger partial charge in [-0.2, -0.15) is 0 Å². The Labute approximate surface area is 157 Å². The lowest BCUT2D eigenvalue weighted by Crippen LogP contribution is -2.35. The Hall–Kier alpha value is -1.36. The van der Waals surface area contributed by atoms with Crippen molar-refractivity contribution in [3.8, 4) is 0 Å². The zero-order valence-corrected chi connectivity index (χ0v) is 16.5. The van der Waals surface area contributed by atoms with Crippen molar-refractivity contribution in [1.29, 1.82) is 0 Å². The summed E-state index contributed by atoms with van der Waals surface area (Å²) in [6, 6.07) is 0. The van der Waals surface area contributed by atoms with Crippen LogP contribution in [0.5, 0.6) is 0 Å². The predicted octanol–water partition coefficient (Wildman–Crippen LogP) is 3.04. The molecule has 5 heteroatoms. The van der Waals surface area contributed by atoms with Gasteiger partial charge in [-0.1, -0.05) is 6.42 Å². The van der Waals surface area contributed by atoms with Gasteiger partial charge in [0, 0.05) is 43.9 Å². The Bertz CT molecular complexity index is 628. The van der Waals surface area contributed by atoms with Gasteiger partial charge in [-0.25, -0.2) is 4.98 Å². The fourth-order valence-corrected chi connectivity index (χ4v) is 4.82. The van der Waals surface area contributed by atoms with E-state index >= 15 is 0 Å². The van der Waals surface area contributed by atoms with Gasteiger partial charge in [0.25, 0.3) is 0 Å². The van der Waals surface area contributed by atoms with Gasteiger partial charge in [-0.15, -0.1) is 0 Å². The van der Waals surface area contributed by atoms with Crippen molar-refractivity contribution in [1.82, 2.24) is 19.4 Å². The second-order valence-electron chi connectivity index (χ2n) is 8.94. The number of carbonyl (C=O) groups excluding carboxylic acids is 1. The summed E-state index contributed by atoms with van der Waals surface area (Å²) in [5.74, 6) is 3.54. The molecule has 1 aromatic heterocycles. The molecule has 5 nitrogen and oxygen atoms in total. The first-order valence-corrected chi connectivity index (χ1v) is 10.6. The zero-order valence-electron chi connectivity index (χ0n) is 16.5. The molecule has 1 aliphatic carbocycles. The number of aromatic nitrogens is 2. The van der Waals surface area contributed by atoms with Crippen LogP contribution in [0.1, 0.15) is 62.4 Å². The topological polar surface area (TPSA) is 41.4 Å². The average molecular weight is 359 g/mol. The molecule has 2 aliphatic heterocycles. The molecule has 0 spiro atoms. The van der Waals surface area contributed by atoms with E-state index < -0.39 is 0 Å². The number of hydrogen-bond donors (Lipinski definition) is 0. The van der Waals surface area contributed by atoms with Gasteiger partial charge in [-0.05, 0) is 71.0 Å². The quantitative estimate of drug-likeness (QED) is 0.812. The van der Waals surface area contributed by atoms with Crippen LogP contribution in [0.25, 0.3) is 0 Å². The first-order chi connectivity index (χ1) is 12.6. The van der Waals surface area contributed by atoms with Crippen LogP contribution in [0.4, 0.5) is 0 Å². The van der Waals surface area contributed by atoms with E-state index in [0.717, 1.165) is 45.6 Å². The van der Waals surface area contributed by atoms with E-state index in [4.69, 9.17) is 4.98 Å². The highest BCUT2D eigenvalue weighted by molar-refractivity contribution is 5.76. The minimum Gasteiger partial charge on any atom is -0.342 e. The molecule has 1 atom stereocenters. The van der Waals surface area contributed by atoms with E-state index in [0.29, 0.717) is 23.7 Å². The van der Waals surface area contributed by atoms with Gasteiger partial charge in [0.05, 0.1) is 0 Å². The Balaban J connectivity index is 1.30. The Morgan fingerprint density at radius 2 is 1.85 bits per heavy atom.